The summed E-state index contributed by atoms with van der Waals surface area (Å²) >= 11 is 0. The number of rotatable bonds is 8. The Labute approximate surface area is 110 Å². The molecule has 0 heterocycles. The summed E-state index contributed by atoms with van der Waals surface area (Å²) in [4.78, 5) is 0. The topological polar surface area (TPSA) is 41.5 Å². The fraction of sp³-hybridized carbons (Fsp3) is 0.600. The van der Waals surface area contributed by atoms with Gasteiger partial charge in [0.25, 0.3) is 0 Å². The summed E-state index contributed by atoms with van der Waals surface area (Å²) in [7, 11) is 0. The molecule has 102 valence electrons. The van der Waals surface area contributed by atoms with Gasteiger partial charge in [-0.15, -0.1) is 0 Å². The van der Waals surface area contributed by atoms with E-state index in [1.807, 2.05) is 19.1 Å². The zero-order valence-corrected chi connectivity index (χ0v) is 11.6. The first kappa shape index (κ1) is 15.0. The highest BCUT2D eigenvalue weighted by atomic mass is 16.5. The Balaban J connectivity index is 2.64. The fourth-order valence-electron chi connectivity index (χ4n) is 2.05. The molecule has 18 heavy (non-hydrogen) atoms. The van der Waals surface area contributed by atoms with E-state index in [1.54, 1.807) is 0 Å². The monoisotopic (exact) mass is 251 g/mol. The molecule has 0 radical (unpaired) electrons. The van der Waals surface area contributed by atoms with Crippen LogP contribution >= 0.6 is 0 Å². The van der Waals surface area contributed by atoms with E-state index in [0.717, 1.165) is 18.6 Å². The van der Waals surface area contributed by atoms with Gasteiger partial charge in [0.05, 0.1) is 6.61 Å². The Morgan fingerprint density at radius 3 is 2.72 bits per heavy atom. The molecule has 1 aromatic rings. The van der Waals surface area contributed by atoms with Crippen LogP contribution in [0, 0.1) is 0 Å². The van der Waals surface area contributed by atoms with Gasteiger partial charge in [0.15, 0.2) is 0 Å². The summed E-state index contributed by atoms with van der Waals surface area (Å²) in [6.45, 7) is 7.19. The summed E-state index contributed by atoms with van der Waals surface area (Å²) < 4.78 is 5.51. The molecule has 2 atom stereocenters. The molecule has 3 heteroatoms. The van der Waals surface area contributed by atoms with Crippen molar-refractivity contribution in [2.24, 2.45) is 0 Å². The van der Waals surface area contributed by atoms with Crippen LogP contribution in [0.25, 0.3) is 0 Å². The minimum absolute atomic E-state index is 0.233. The van der Waals surface area contributed by atoms with Crippen LogP contribution in [0.2, 0.25) is 0 Å². The molecular formula is C15H25NO2. The summed E-state index contributed by atoms with van der Waals surface area (Å²) in [5, 5.41) is 12.5. The number of hydrogen-bond acceptors (Lipinski definition) is 3. The van der Waals surface area contributed by atoms with E-state index in [0.29, 0.717) is 12.6 Å². The Bertz CT molecular complexity index is 341. The predicted molar refractivity (Wildman–Crippen MR) is 74.9 cm³/mol. The first-order valence-corrected chi connectivity index (χ1v) is 6.80. The molecule has 0 fully saturated rings. The van der Waals surface area contributed by atoms with Crippen molar-refractivity contribution in [1.82, 2.24) is 5.32 Å². The minimum Gasteiger partial charge on any atom is -0.494 e. The maximum Gasteiger partial charge on any atom is 0.119 e. The molecule has 3 nitrogen and oxygen atoms in total. The van der Waals surface area contributed by atoms with Gasteiger partial charge in [-0.3, -0.25) is 0 Å². The lowest BCUT2D eigenvalue weighted by atomic mass is 10.1. The molecule has 2 unspecified atom stereocenters. The molecule has 1 rings (SSSR count). The Kier molecular flexibility index (Phi) is 6.76. The molecule has 1 aromatic carbocycles. The smallest absolute Gasteiger partial charge is 0.119 e. The van der Waals surface area contributed by atoms with Crippen molar-refractivity contribution < 1.29 is 9.84 Å². The normalized spacial score (nSPS) is 14.2. The first-order chi connectivity index (χ1) is 8.71. The molecule has 0 bridgehead atoms. The van der Waals surface area contributed by atoms with Crippen LogP contribution in [0.4, 0.5) is 0 Å². The van der Waals surface area contributed by atoms with E-state index < -0.39 is 0 Å². The molecule has 0 aliphatic carbocycles. The number of aliphatic hydroxyl groups excluding tert-OH is 1. The van der Waals surface area contributed by atoms with Crippen molar-refractivity contribution in [1.29, 1.82) is 0 Å². The lowest BCUT2D eigenvalue weighted by Gasteiger charge is -2.22. The molecule has 0 spiro atoms. The summed E-state index contributed by atoms with van der Waals surface area (Å²) in [5.74, 6) is 0.916. The second-order valence-electron chi connectivity index (χ2n) is 4.51. The van der Waals surface area contributed by atoms with Gasteiger partial charge in [0, 0.05) is 18.7 Å². The zero-order chi connectivity index (χ0) is 13.4. The van der Waals surface area contributed by atoms with Crippen LogP contribution in [-0.2, 0) is 0 Å². The SMILES string of the molecule is CCOc1cccc(C(C)NC(CC)CCO)c1. The first-order valence-electron chi connectivity index (χ1n) is 6.80. The van der Waals surface area contributed by atoms with Gasteiger partial charge in [-0.05, 0) is 44.4 Å². The fourth-order valence-corrected chi connectivity index (χ4v) is 2.05. The van der Waals surface area contributed by atoms with Crippen molar-refractivity contribution in [3.8, 4) is 5.75 Å². The van der Waals surface area contributed by atoms with Crippen LogP contribution in [0.3, 0.4) is 0 Å². The second kappa shape index (κ2) is 8.11. The van der Waals surface area contributed by atoms with Gasteiger partial charge in [0.1, 0.15) is 5.75 Å². The van der Waals surface area contributed by atoms with Gasteiger partial charge < -0.3 is 15.2 Å². The number of ether oxygens (including phenoxy) is 1. The zero-order valence-electron chi connectivity index (χ0n) is 11.6. The van der Waals surface area contributed by atoms with Gasteiger partial charge >= 0.3 is 0 Å². The molecule has 0 saturated carbocycles. The summed E-state index contributed by atoms with van der Waals surface area (Å²) in [6, 6.07) is 8.80. The second-order valence-corrected chi connectivity index (χ2v) is 4.51. The van der Waals surface area contributed by atoms with Crippen molar-refractivity contribution in [2.75, 3.05) is 13.2 Å². The lowest BCUT2D eigenvalue weighted by molar-refractivity contribution is 0.257. The van der Waals surface area contributed by atoms with Gasteiger partial charge in [-0.2, -0.15) is 0 Å². The largest absolute Gasteiger partial charge is 0.494 e. The summed E-state index contributed by atoms with van der Waals surface area (Å²) in [5.41, 5.74) is 1.22. The Hall–Kier alpha value is -1.06. The molecule has 0 aliphatic rings. The third-order valence-corrected chi connectivity index (χ3v) is 3.13. The van der Waals surface area contributed by atoms with Crippen LogP contribution < -0.4 is 10.1 Å². The van der Waals surface area contributed by atoms with Crippen LogP contribution in [-0.4, -0.2) is 24.4 Å². The predicted octanol–water partition coefficient (Wildman–Crippen LogP) is 2.90. The molecule has 2 N–H and O–H groups in total. The number of nitrogens with one attached hydrogen (secondary N) is 1. The third kappa shape index (κ3) is 4.67. The summed E-state index contributed by atoms with van der Waals surface area (Å²) in [6.07, 6.45) is 1.82. The average molecular weight is 251 g/mol. The maximum atomic E-state index is 9.01. The van der Waals surface area contributed by atoms with Crippen molar-refractivity contribution in [3.05, 3.63) is 29.8 Å². The third-order valence-electron chi connectivity index (χ3n) is 3.13. The standard InChI is InChI=1S/C15H25NO2/c1-4-14(9-10-17)16-12(3)13-7-6-8-15(11-13)18-5-2/h6-8,11-12,14,16-17H,4-5,9-10H2,1-3H3. The maximum absolute atomic E-state index is 9.01. The minimum atomic E-state index is 0.233. The van der Waals surface area contributed by atoms with Gasteiger partial charge in [-0.25, -0.2) is 0 Å². The Morgan fingerprint density at radius 2 is 2.11 bits per heavy atom. The molecule has 0 saturated heterocycles. The van der Waals surface area contributed by atoms with Crippen molar-refractivity contribution in [3.63, 3.8) is 0 Å². The number of hydrogen-bond donors (Lipinski definition) is 2. The lowest BCUT2D eigenvalue weighted by Crippen LogP contribution is -2.31. The van der Waals surface area contributed by atoms with E-state index >= 15 is 0 Å². The molecule has 0 aliphatic heterocycles. The van der Waals surface area contributed by atoms with E-state index in [4.69, 9.17) is 9.84 Å². The van der Waals surface area contributed by atoms with Crippen molar-refractivity contribution >= 4 is 0 Å². The molecular weight excluding hydrogens is 226 g/mol. The number of aliphatic hydroxyl groups is 1. The quantitative estimate of drug-likeness (QED) is 0.746. The average Bonchev–Trinajstić information content (AvgIpc) is 2.39. The Morgan fingerprint density at radius 1 is 1.33 bits per heavy atom. The molecule has 0 aromatic heterocycles. The number of benzene rings is 1. The molecule has 0 amide bonds. The van der Waals surface area contributed by atoms with Gasteiger partial charge in [-0.1, -0.05) is 19.1 Å². The van der Waals surface area contributed by atoms with E-state index in [-0.39, 0.29) is 12.6 Å². The van der Waals surface area contributed by atoms with Crippen LogP contribution in [0.5, 0.6) is 5.75 Å². The van der Waals surface area contributed by atoms with Crippen LogP contribution in [0.15, 0.2) is 24.3 Å². The van der Waals surface area contributed by atoms with E-state index in [2.05, 4.69) is 31.3 Å². The van der Waals surface area contributed by atoms with Crippen molar-refractivity contribution in [2.45, 2.75) is 45.7 Å². The van der Waals surface area contributed by atoms with Gasteiger partial charge in [0.2, 0.25) is 0 Å². The highest BCUT2D eigenvalue weighted by molar-refractivity contribution is 5.30. The van der Waals surface area contributed by atoms with E-state index in [1.165, 1.54) is 5.56 Å². The van der Waals surface area contributed by atoms with E-state index in [9.17, 15) is 0 Å². The highest BCUT2D eigenvalue weighted by Gasteiger charge is 2.11. The highest BCUT2D eigenvalue weighted by Crippen LogP contribution is 2.20. The van der Waals surface area contributed by atoms with Crippen LogP contribution in [0.1, 0.15) is 45.2 Å².